The van der Waals surface area contributed by atoms with Gasteiger partial charge >= 0.3 is 0 Å². The van der Waals surface area contributed by atoms with Crippen LogP contribution in [0.15, 0.2) is 23.1 Å². The molecule has 0 radical (unpaired) electrons. The third-order valence-corrected chi connectivity index (χ3v) is 6.35. The van der Waals surface area contributed by atoms with Crippen molar-refractivity contribution in [3.8, 4) is 5.75 Å². The standard InChI is InChI=1S/C17H27N3O5S/c1-4-20(5-2)26(22,23)14-6-7-16(24-3)15(12-14)18-13-17(21)19-8-10-25-11-9-19/h6-7,12,18H,4-5,8-11,13H2,1-3H3. The van der Waals surface area contributed by atoms with E-state index in [1.807, 2.05) is 0 Å². The Kier molecular flexibility index (Phi) is 7.24. The Morgan fingerprint density at radius 1 is 1.27 bits per heavy atom. The Morgan fingerprint density at radius 2 is 1.92 bits per heavy atom. The number of benzene rings is 1. The first kappa shape index (κ1) is 20.5. The van der Waals surface area contributed by atoms with Crippen molar-refractivity contribution >= 4 is 21.6 Å². The summed E-state index contributed by atoms with van der Waals surface area (Å²) in [5, 5.41) is 3.01. The molecule has 1 aromatic carbocycles. The number of anilines is 1. The lowest BCUT2D eigenvalue weighted by atomic mass is 10.3. The van der Waals surface area contributed by atoms with Crippen LogP contribution in [-0.4, -0.2) is 76.6 Å². The van der Waals surface area contributed by atoms with E-state index in [-0.39, 0.29) is 17.3 Å². The minimum Gasteiger partial charge on any atom is -0.495 e. The summed E-state index contributed by atoms with van der Waals surface area (Å²) in [6, 6.07) is 4.62. The van der Waals surface area contributed by atoms with Gasteiger partial charge in [0.1, 0.15) is 5.75 Å². The van der Waals surface area contributed by atoms with Crippen LogP contribution in [0.5, 0.6) is 5.75 Å². The molecule has 1 aliphatic rings. The zero-order chi connectivity index (χ0) is 19.2. The highest BCUT2D eigenvalue weighted by molar-refractivity contribution is 7.89. The van der Waals surface area contributed by atoms with Crippen molar-refractivity contribution in [2.45, 2.75) is 18.7 Å². The summed E-state index contributed by atoms with van der Waals surface area (Å²) >= 11 is 0. The van der Waals surface area contributed by atoms with Crippen LogP contribution in [0.3, 0.4) is 0 Å². The quantitative estimate of drug-likeness (QED) is 0.718. The molecule has 1 amide bonds. The Morgan fingerprint density at radius 3 is 2.50 bits per heavy atom. The maximum atomic E-state index is 12.7. The summed E-state index contributed by atoms with van der Waals surface area (Å²) in [6.07, 6.45) is 0. The zero-order valence-corrected chi connectivity index (χ0v) is 16.3. The monoisotopic (exact) mass is 385 g/mol. The maximum absolute atomic E-state index is 12.7. The fraction of sp³-hybridized carbons (Fsp3) is 0.588. The third-order valence-electron chi connectivity index (χ3n) is 4.31. The number of amides is 1. The highest BCUT2D eigenvalue weighted by Crippen LogP contribution is 2.28. The van der Waals surface area contributed by atoms with Gasteiger partial charge in [-0.2, -0.15) is 4.31 Å². The number of ether oxygens (including phenoxy) is 2. The van der Waals surface area contributed by atoms with E-state index in [4.69, 9.17) is 9.47 Å². The summed E-state index contributed by atoms with van der Waals surface area (Å²) in [5.41, 5.74) is 0.474. The van der Waals surface area contributed by atoms with Crippen LogP contribution in [0.4, 0.5) is 5.69 Å². The average Bonchev–Trinajstić information content (AvgIpc) is 2.67. The number of sulfonamides is 1. The number of hydrogen-bond acceptors (Lipinski definition) is 6. The molecule has 8 nitrogen and oxygen atoms in total. The van der Waals surface area contributed by atoms with Gasteiger partial charge in [-0.1, -0.05) is 13.8 Å². The molecule has 1 aromatic rings. The molecule has 1 heterocycles. The van der Waals surface area contributed by atoms with Crippen LogP contribution in [0.1, 0.15) is 13.8 Å². The molecule has 9 heteroatoms. The molecule has 0 bridgehead atoms. The van der Waals surface area contributed by atoms with E-state index in [1.165, 1.54) is 23.5 Å². The van der Waals surface area contributed by atoms with Crippen molar-refractivity contribution in [2.75, 3.05) is 58.4 Å². The molecule has 1 aliphatic heterocycles. The van der Waals surface area contributed by atoms with Crippen LogP contribution < -0.4 is 10.1 Å². The molecule has 26 heavy (non-hydrogen) atoms. The molecule has 0 saturated carbocycles. The summed E-state index contributed by atoms with van der Waals surface area (Å²) in [7, 11) is -2.08. The summed E-state index contributed by atoms with van der Waals surface area (Å²) < 4.78 is 37.3. The van der Waals surface area contributed by atoms with E-state index in [2.05, 4.69) is 5.32 Å². The molecule has 0 aromatic heterocycles. The summed E-state index contributed by atoms with van der Waals surface area (Å²) in [4.78, 5) is 14.2. The molecular weight excluding hydrogens is 358 g/mol. The van der Waals surface area contributed by atoms with Crippen molar-refractivity contribution in [1.29, 1.82) is 0 Å². The first-order valence-corrected chi connectivity index (χ1v) is 10.2. The van der Waals surface area contributed by atoms with Crippen molar-refractivity contribution in [3.05, 3.63) is 18.2 Å². The Balaban J connectivity index is 2.17. The predicted octanol–water partition coefficient (Wildman–Crippen LogP) is 0.996. The summed E-state index contributed by atoms with van der Waals surface area (Å²) in [6.45, 7) is 6.63. The molecular formula is C17H27N3O5S. The second kappa shape index (κ2) is 9.20. The number of nitrogens with zero attached hydrogens (tertiary/aromatic N) is 2. The van der Waals surface area contributed by atoms with Crippen LogP contribution >= 0.6 is 0 Å². The third kappa shape index (κ3) is 4.66. The zero-order valence-electron chi connectivity index (χ0n) is 15.5. The molecule has 1 N–H and O–H groups in total. The second-order valence-electron chi connectivity index (χ2n) is 5.80. The normalized spacial score (nSPS) is 15.2. The van der Waals surface area contributed by atoms with Gasteiger partial charge in [-0.25, -0.2) is 8.42 Å². The number of methoxy groups -OCH3 is 1. The number of carbonyl (C=O) groups excluding carboxylic acids is 1. The second-order valence-corrected chi connectivity index (χ2v) is 7.74. The van der Waals surface area contributed by atoms with Gasteiger partial charge in [0.25, 0.3) is 0 Å². The van der Waals surface area contributed by atoms with Crippen LogP contribution in [0, 0.1) is 0 Å². The largest absolute Gasteiger partial charge is 0.495 e. The fourth-order valence-corrected chi connectivity index (χ4v) is 4.28. The molecule has 0 unspecified atom stereocenters. The van der Waals surface area contributed by atoms with Gasteiger partial charge in [0, 0.05) is 26.2 Å². The highest BCUT2D eigenvalue weighted by atomic mass is 32.2. The fourth-order valence-electron chi connectivity index (χ4n) is 2.79. The van der Waals surface area contributed by atoms with Gasteiger partial charge in [0.05, 0.1) is 37.5 Å². The number of carbonyl (C=O) groups is 1. The Labute approximate surface area is 155 Å². The first-order valence-electron chi connectivity index (χ1n) is 8.71. The smallest absolute Gasteiger partial charge is 0.243 e. The van der Waals surface area contributed by atoms with E-state index in [0.717, 1.165) is 0 Å². The van der Waals surface area contributed by atoms with E-state index >= 15 is 0 Å². The van der Waals surface area contributed by atoms with Gasteiger partial charge in [-0.3, -0.25) is 4.79 Å². The Bertz CT molecular complexity index is 713. The lowest BCUT2D eigenvalue weighted by Crippen LogP contribution is -2.43. The highest BCUT2D eigenvalue weighted by Gasteiger charge is 2.23. The van der Waals surface area contributed by atoms with Gasteiger partial charge in [-0.15, -0.1) is 0 Å². The van der Waals surface area contributed by atoms with Gasteiger partial charge in [-0.05, 0) is 18.2 Å². The topological polar surface area (TPSA) is 88.2 Å². The number of nitrogens with one attached hydrogen (secondary N) is 1. The predicted molar refractivity (Wildman–Crippen MR) is 99.0 cm³/mol. The van der Waals surface area contributed by atoms with Crippen molar-refractivity contribution in [1.82, 2.24) is 9.21 Å². The Hall–Kier alpha value is -1.84. The van der Waals surface area contributed by atoms with E-state index in [0.29, 0.717) is 50.8 Å². The molecule has 146 valence electrons. The number of hydrogen-bond donors (Lipinski definition) is 1. The van der Waals surface area contributed by atoms with Crippen LogP contribution in [0.2, 0.25) is 0 Å². The van der Waals surface area contributed by atoms with Crippen LogP contribution in [0.25, 0.3) is 0 Å². The van der Waals surface area contributed by atoms with Crippen molar-refractivity contribution < 1.29 is 22.7 Å². The SMILES string of the molecule is CCN(CC)S(=O)(=O)c1ccc(OC)c(NCC(=O)N2CCOCC2)c1. The first-order chi connectivity index (χ1) is 12.4. The maximum Gasteiger partial charge on any atom is 0.243 e. The van der Waals surface area contributed by atoms with Gasteiger partial charge < -0.3 is 19.7 Å². The van der Waals surface area contributed by atoms with Crippen molar-refractivity contribution in [2.24, 2.45) is 0 Å². The molecule has 2 rings (SSSR count). The number of rotatable bonds is 8. The molecule has 0 spiro atoms. The van der Waals surface area contributed by atoms with Gasteiger partial charge in [0.2, 0.25) is 15.9 Å². The lowest BCUT2D eigenvalue weighted by Gasteiger charge is -2.27. The molecule has 1 saturated heterocycles. The number of morpholine rings is 1. The van der Waals surface area contributed by atoms with Gasteiger partial charge in [0.15, 0.2) is 0 Å². The minimum absolute atomic E-state index is 0.0606. The van der Waals surface area contributed by atoms with E-state index < -0.39 is 10.0 Å². The summed E-state index contributed by atoms with van der Waals surface area (Å²) in [5.74, 6) is 0.422. The molecule has 0 aliphatic carbocycles. The van der Waals surface area contributed by atoms with E-state index in [9.17, 15) is 13.2 Å². The minimum atomic E-state index is -3.58. The molecule has 0 atom stereocenters. The van der Waals surface area contributed by atoms with E-state index in [1.54, 1.807) is 24.8 Å². The molecule has 1 fully saturated rings. The van der Waals surface area contributed by atoms with Crippen LogP contribution in [-0.2, 0) is 19.6 Å². The average molecular weight is 385 g/mol. The van der Waals surface area contributed by atoms with Crippen molar-refractivity contribution in [3.63, 3.8) is 0 Å². The lowest BCUT2D eigenvalue weighted by molar-refractivity contribution is -0.133.